The van der Waals surface area contributed by atoms with Gasteiger partial charge in [0.2, 0.25) is 5.91 Å². The Balaban J connectivity index is 2.01. The van der Waals surface area contributed by atoms with E-state index in [2.05, 4.69) is 5.32 Å². The quantitative estimate of drug-likeness (QED) is 0.749. The molecule has 0 bridgehead atoms. The molecule has 2 N–H and O–H groups in total. The third-order valence-corrected chi connectivity index (χ3v) is 5.20. The third-order valence-electron chi connectivity index (χ3n) is 3.42. The van der Waals surface area contributed by atoms with E-state index in [1.165, 1.54) is 12.1 Å². The number of benzene rings is 2. The van der Waals surface area contributed by atoms with Gasteiger partial charge in [0.15, 0.2) is 0 Å². The highest BCUT2D eigenvalue weighted by Gasteiger charge is 2.18. The highest BCUT2D eigenvalue weighted by Crippen LogP contribution is 2.24. The first kappa shape index (κ1) is 18.4. The number of aromatic carboxylic acids is 1. The molecule has 126 valence electrons. The van der Waals surface area contributed by atoms with E-state index in [0.717, 1.165) is 11.3 Å². The summed E-state index contributed by atoms with van der Waals surface area (Å²) < 4.78 is 0. The lowest BCUT2D eigenvalue weighted by molar-refractivity contribution is -0.115. The number of carbonyl (C=O) groups excluding carboxylic acids is 1. The number of hydrogen-bond acceptors (Lipinski definition) is 3. The fourth-order valence-electron chi connectivity index (χ4n) is 2.14. The van der Waals surface area contributed by atoms with Gasteiger partial charge in [-0.05, 0) is 30.2 Å². The first-order valence-electron chi connectivity index (χ1n) is 7.50. The smallest absolute Gasteiger partial charge is 0.337 e. The van der Waals surface area contributed by atoms with Gasteiger partial charge in [0.05, 0.1) is 15.8 Å². The number of amides is 1. The van der Waals surface area contributed by atoms with Crippen molar-refractivity contribution in [1.82, 2.24) is 0 Å². The number of carboxylic acids is 1. The molecule has 6 heteroatoms. The van der Waals surface area contributed by atoms with Crippen LogP contribution in [-0.2, 0) is 10.5 Å². The first-order valence-corrected chi connectivity index (χ1v) is 8.93. The Morgan fingerprint density at radius 2 is 1.92 bits per heavy atom. The lowest BCUT2D eigenvalue weighted by Gasteiger charge is -2.15. The number of rotatable bonds is 7. The molecule has 0 saturated heterocycles. The molecule has 0 saturated carbocycles. The lowest BCUT2D eigenvalue weighted by atomic mass is 10.2. The second kappa shape index (κ2) is 8.76. The molecule has 1 atom stereocenters. The molecule has 0 aliphatic carbocycles. The number of nitrogens with one attached hydrogen (secondary N) is 1. The van der Waals surface area contributed by atoms with Crippen LogP contribution in [0.3, 0.4) is 0 Å². The summed E-state index contributed by atoms with van der Waals surface area (Å²) in [6.07, 6.45) is 0.683. The summed E-state index contributed by atoms with van der Waals surface area (Å²) >= 11 is 7.40. The topological polar surface area (TPSA) is 66.4 Å². The Morgan fingerprint density at radius 3 is 2.54 bits per heavy atom. The number of anilines is 1. The molecule has 0 fully saturated rings. The number of hydrogen-bond donors (Lipinski definition) is 2. The van der Waals surface area contributed by atoms with Gasteiger partial charge in [0.25, 0.3) is 0 Å². The van der Waals surface area contributed by atoms with Crippen molar-refractivity contribution in [2.75, 3.05) is 5.32 Å². The number of halogens is 1. The molecule has 0 radical (unpaired) electrons. The summed E-state index contributed by atoms with van der Waals surface area (Å²) in [6.45, 7) is 1.95. The Hall–Kier alpha value is -1.98. The van der Waals surface area contributed by atoms with Crippen LogP contribution in [-0.4, -0.2) is 22.2 Å². The van der Waals surface area contributed by atoms with Gasteiger partial charge in [-0.2, -0.15) is 0 Å². The molecule has 0 spiro atoms. The number of carbonyl (C=O) groups is 2. The zero-order chi connectivity index (χ0) is 17.5. The van der Waals surface area contributed by atoms with Gasteiger partial charge < -0.3 is 10.4 Å². The van der Waals surface area contributed by atoms with E-state index in [9.17, 15) is 9.59 Å². The summed E-state index contributed by atoms with van der Waals surface area (Å²) in [5.41, 5.74) is 1.56. The standard InChI is InChI=1S/C18H18ClNO3S/c1-2-16(24-11-12-6-4-3-5-7-12)17(21)20-13-8-9-15(19)14(10-13)18(22)23/h3-10,16H,2,11H2,1H3,(H,20,21)(H,22,23). The highest BCUT2D eigenvalue weighted by molar-refractivity contribution is 7.99. The van der Waals surface area contributed by atoms with Crippen LogP contribution in [0, 0.1) is 0 Å². The molecule has 2 rings (SSSR count). The molecular weight excluding hydrogens is 346 g/mol. The van der Waals surface area contributed by atoms with Crippen molar-refractivity contribution < 1.29 is 14.7 Å². The average molecular weight is 364 g/mol. The fourth-order valence-corrected chi connectivity index (χ4v) is 3.37. The second-order valence-electron chi connectivity index (χ2n) is 5.18. The van der Waals surface area contributed by atoms with E-state index in [0.29, 0.717) is 12.1 Å². The zero-order valence-corrected chi connectivity index (χ0v) is 14.7. The van der Waals surface area contributed by atoms with Crippen LogP contribution in [0.5, 0.6) is 0 Å². The largest absolute Gasteiger partial charge is 0.478 e. The minimum Gasteiger partial charge on any atom is -0.478 e. The molecule has 24 heavy (non-hydrogen) atoms. The monoisotopic (exact) mass is 363 g/mol. The van der Waals surface area contributed by atoms with Crippen LogP contribution < -0.4 is 5.32 Å². The zero-order valence-electron chi connectivity index (χ0n) is 13.2. The van der Waals surface area contributed by atoms with Crippen LogP contribution in [0.4, 0.5) is 5.69 Å². The van der Waals surface area contributed by atoms with Crippen LogP contribution >= 0.6 is 23.4 Å². The van der Waals surface area contributed by atoms with Crippen molar-refractivity contribution in [2.24, 2.45) is 0 Å². The van der Waals surface area contributed by atoms with Crippen LogP contribution in [0.2, 0.25) is 5.02 Å². The average Bonchev–Trinajstić information content (AvgIpc) is 2.58. The Kier molecular flexibility index (Phi) is 6.70. The molecule has 0 aliphatic rings. The van der Waals surface area contributed by atoms with Gasteiger partial charge in [-0.25, -0.2) is 4.79 Å². The summed E-state index contributed by atoms with van der Waals surface area (Å²) in [7, 11) is 0. The van der Waals surface area contributed by atoms with E-state index >= 15 is 0 Å². The van der Waals surface area contributed by atoms with Crippen molar-refractivity contribution >= 4 is 40.9 Å². The number of thioether (sulfide) groups is 1. The SMILES string of the molecule is CCC(SCc1ccccc1)C(=O)Nc1ccc(Cl)c(C(=O)O)c1. The van der Waals surface area contributed by atoms with Crippen molar-refractivity contribution in [2.45, 2.75) is 24.3 Å². The van der Waals surface area contributed by atoms with Crippen molar-refractivity contribution in [3.8, 4) is 0 Å². The second-order valence-corrected chi connectivity index (χ2v) is 6.78. The van der Waals surface area contributed by atoms with E-state index in [1.807, 2.05) is 37.3 Å². The fraction of sp³-hybridized carbons (Fsp3) is 0.222. The Labute approximate surface area is 150 Å². The minimum atomic E-state index is -1.12. The van der Waals surface area contributed by atoms with E-state index in [4.69, 9.17) is 16.7 Å². The van der Waals surface area contributed by atoms with Crippen LogP contribution in [0.15, 0.2) is 48.5 Å². The van der Waals surface area contributed by atoms with Crippen molar-refractivity contribution in [3.63, 3.8) is 0 Å². The third kappa shape index (κ3) is 5.01. The maximum Gasteiger partial charge on any atom is 0.337 e. The van der Waals surface area contributed by atoms with E-state index in [-0.39, 0.29) is 21.7 Å². The molecule has 2 aromatic carbocycles. The molecule has 2 aromatic rings. The van der Waals surface area contributed by atoms with Crippen molar-refractivity contribution in [3.05, 3.63) is 64.7 Å². The summed E-state index contributed by atoms with van der Waals surface area (Å²) in [6, 6.07) is 14.4. The van der Waals surface area contributed by atoms with Gasteiger partial charge in [0.1, 0.15) is 0 Å². The number of carboxylic acid groups (broad SMARTS) is 1. The molecule has 1 amide bonds. The molecular formula is C18H18ClNO3S. The predicted molar refractivity (Wildman–Crippen MR) is 98.9 cm³/mol. The Bertz CT molecular complexity index is 721. The predicted octanol–water partition coefficient (Wildman–Crippen LogP) is 4.69. The van der Waals surface area contributed by atoms with E-state index < -0.39 is 5.97 Å². The molecule has 0 aliphatic heterocycles. The summed E-state index contributed by atoms with van der Waals surface area (Å²) in [4.78, 5) is 23.5. The van der Waals surface area contributed by atoms with E-state index in [1.54, 1.807) is 17.8 Å². The van der Waals surface area contributed by atoms with Gasteiger partial charge in [-0.3, -0.25) is 4.79 Å². The van der Waals surface area contributed by atoms with Gasteiger partial charge in [0, 0.05) is 11.4 Å². The highest BCUT2D eigenvalue weighted by atomic mass is 35.5. The van der Waals surface area contributed by atoms with Crippen LogP contribution in [0.25, 0.3) is 0 Å². The minimum absolute atomic E-state index is 0.0283. The maximum absolute atomic E-state index is 12.4. The molecule has 0 aromatic heterocycles. The molecule has 1 unspecified atom stereocenters. The summed E-state index contributed by atoms with van der Waals surface area (Å²) in [5.74, 6) is -0.521. The first-order chi connectivity index (χ1) is 11.5. The van der Waals surface area contributed by atoms with Crippen LogP contribution in [0.1, 0.15) is 29.3 Å². The Morgan fingerprint density at radius 1 is 1.21 bits per heavy atom. The normalized spacial score (nSPS) is 11.8. The van der Waals surface area contributed by atoms with Gasteiger partial charge >= 0.3 is 5.97 Å². The maximum atomic E-state index is 12.4. The van der Waals surface area contributed by atoms with Crippen molar-refractivity contribution in [1.29, 1.82) is 0 Å². The molecule has 4 nitrogen and oxygen atoms in total. The van der Waals surface area contributed by atoms with Gasteiger partial charge in [-0.1, -0.05) is 48.9 Å². The lowest BCUT2D eigenvalue weighted by Crippen LogP contribution is -2.24. The van der Waals surface area contributed by atoms with Gasteiger partial charge in [-0.15, -0.1) is 11.8 Å². The molecule has 0 heterocycles. The summed E-state index contributed by atoms with van der Waals surface area (Å²) in [5, 5.41) is 11.8.